The Hall–Kier alpha value is -7.32. The number of carbonyl (C=O) groups is 6. The van der Waals surface area contributed by atoms with Crippen LogP contribution >= 0.6 is 0 Å². The first-order valence-electron chi connectivity index (χ1n) is 32.5. The molecule has 4 heterocycles. The molecule has 0 spiro atoms. The molecular formula is C70H94F2N6O12. The van der Waals surface area contributed by atoms with E-state index in [-0.39, 0.29) is 84.2 Å². The van der Waals surface area contributed by atoms with Crippen LogP contribution in [0.5, 0.6) is 11.5 Å². The third-order valence-electron chi connectivity index (χ3n) is 17.6. The maximum Gasteiger partial charge on any atom is 0.418 e. The molecule has 0 aromatic heterocycles. The molecule has 0 saturated carbocycles. The molecule has 0 aliphatic carbocycles. The molecule has 0 bridgehead atoms. The fourth-order valence-corrected chi connectivity index (χ4v) is 12.3. The first-order valence-corrected chi connectivity index (χ1v) is 32.5. The number of ether oxygens (including phenoxy) is 6. The maximum atomic E-state index is 15.6. The van der Waals surface area contributed by atoms with Gasteiger partial charge in [-0.1, -0.05) is 104 Å². The third-order valence-corrected chi connectivity index (χ3v) is 17.6. The molecule has 0 radical (unpaired) electrons. The molecule has 18 nitrogen and oxygen atoms in total. The minimum absolute atomic E-state index is 0.0224. The second kappa shape index (κ2) is 33.1. The molecule has 4 aliphatic rings. The molecule has 4 aliphatic heterocycles. The van der Waals surface area contributed by atoms with Gasteiger partial charge in [0.2, 0.25) is 12.2 Å². The second-order valence-corrected chi connectivity index (χ2v) is 26.0. The number of benzene rings is 4. The fourth-order valence-electron chi connectivity index (χ4n) is 12.3. The van der Waals surface area contributed by atoms with Gasteiger partial charge in [-0.25, -0.2) is 28.0 Å². The summed E-state index contributed by atoms with van der Waals surface area (Å²) in [6.45, 7) is 23.5. The van der Waals surface area contributed by atoms with Crippen molar-refractivity contribution in [1.82, 2.24) is 29.4 Å². The zero-order valence-electron chi connectivity index (χ0n) is 53.9. The Morgan fingerprint density at radius 1 is 0.500 bits per heavy atom. The van der Waals surface area contributed by atoms with Gasteiger partial charge in [-0.3, -0.25) is 9.59 Å². The standard InChI is InChI=1S/C70H94F2N6O12/c1-47(2)43-85-59-23-15-53(16-24-59)63(65(79)75(41-27-51-11-19-55(71)20-12-51)57-29-37-73(38-30-57)33-9-35-77-61(49(5)6)45-87-69(77)83)89-67(81)68(82)90-64(54-17-25-60(26-18-54)86-44-48(3)4)66(80)76(42-28-52-13-21-56(72)22-14-52)58-31-39-74(40-32-58)34-10-36-78-62(50(7)8)46-88-70(78)84/h11-26,47-50,57-58,61-64H,9-10,27-46H2,1-8H3/t61-,62-,63?,64?/m1/s1. The van der Waals surface area contributed by atoms with Crippen molar-refractivity contribution >= 4 is 35.9 Å². The van der Waals surface area contributed by atoms with Crippen LogP contribution in [0, 0.1) is 35.3 Å². The van der Waals surface area contributed by atoms with Crippen LogP contribution in [0.2, 0.25) is 0 Å². The van der Waals surface area contributed by atoms with Crippen LogP contribution in [0.4, 0.5) is 18.4 Å². The van der Waals surface area contributed by atoms with Crippen LogP contribution in [-0.4, -0.2) is 181 Å². The molecular weight excluding hydrogens is 1150 g/mol. The number of piperidine rings is 2. The van der Waals surface area contributed by atoms with Crippen LogP contribution in [-0.2, 0) is 51.0 Å². The van der Waals surface area contributed by atoms with Gasteiger partial charge in [0.25, 0.3) is 11.8 Å². The molecule has 2 unspecified atom stereocenters. The zero-order valence-corrected chi connectivity index (χ0v) is 53.9. The number of amides is 4. The summed E-state index contributed by atoms with van der Waals surface area (Å²) in [5.74, 6) is -2.95. The Bertz CT molecular complexity index is 2750. The molecule has 8 rings (SSSR count). The number of likely N-dealkylation sites (tertiary alicyclic amines) is 2. The molecule has 90 heavy (non-hydrogen) atoms. The topological polar surface area (TPSA) is 177 Å². The van der Waals surface area contributed by atoms with Crippen molar-refractivity contribution in [1.29, 1.82) is 0 Å². The Morgan fingerprint density at radius 2 is 0.844 bits per heavy atom. The Kier molecular flexibility index (Phi) is 25.2. The number of carbonyl (C=O) groups excluding carboxylic acids is 6. The molecule has 490 valence electrons. The third kappa shape index (κ3) is 19.4. The second-order valence-electron chi connectivity index (χ2n) is 26.0. The summed E-state index contributed by atoms with van der Waals surface area (Å²) >= 11 is 0. The highest BCUT2D eigenvalue weighted by molar-refractivity contribution is 6.30. The summed E-state index contributed by atoms with van der Waals surface area (Å²) < 4.78 is 63.4. The number of hydrogen-bond donors (Lipinski definition) is 0. The van der Waals surface area contributed by atoms with E-state index in [1.807, 2.05) is 37.5 Å². The summed E-state index contributed by atoms with van der Waals surface area (Å²) in [6, 6.07) is 24.8. The summed E-state index contributed by atoms with van der Waals surface area (Å²) in [7, 11) is 0. The van der Waals surface area contributed by atoms with Gasteiger partial charge < -0.3 is 57.8 Å². The van der Waals surface area contributed by atoms with Crippen LogP contribution in [0.1, 0.15) is 128 Å². The summed E-state index contributed by atoms with van der Waals surface area (Å²) in [6.07, 6.45) is 0.523. The highest BCUT2D eigenvalue weighted by Crippen LogP contribution is 2.32. The van der Waals surface area contributed by atoms with Crippen molar-refractivity contribution in [2.24, 2.45) is 23.7 Å². The maximum absolute atomic E-state index is 15.6. The first-order chi connectivity index (χ1) is 43.2. The minimum atomic E-state index is -1.66. The van der Waals surface area contributed by atoms with Crippen molar-refractivity contribution < 1.29 is 66.0 Å². The Balaban J connectivity index is 1.04. The average molecular weight is 1250 g/mol. The molecule has 4 fully saturated rings. The van der Waals surface area contributed by atoms with Gasteiger partial charge in [0.1, 0.15) is 36.3 Å². The van der Waals surface area contributed by atoms with Gasteiger partial charge >= 0.3 is 24.1 Å². The van der Waals surface area contributed by atoms with Crippen molar-refractivity contribution in [3.8, 4) is 11.5 Å². The predicted molar refractivity (Wildman–Crippen MR) is 336 cm³/mol. The summed E-state index contributed by atoms with van der Waals surface area (Å²) in [5.41, 5.74) is 2.10. The van der Waals surface area contributed by atoms with E-state index in [0.717, 1.165) is 37.1 Å². The molecule has 4 saturated heterocycles. The number of halogens is 2. The fraction of sp³-hybridized carbons (Fsp3) is 0.571. The average Bonchev–Trinajstić information content (AvgIpc) is 1.37. The zero-order chi connectivity index (χ0) is 64.4. The van der Waals surface area contributed by atoms with Crippen molar-refractivity contribution in [3.05, 3.63) is 131 Å². The highest BCUT2D eigenvalue weighted by Gasteiger charge is 2.41. The van der Waals surface area contributed by atoms with Crippen LogP contribution < -0.4 is 9.47 Å². The molecule has 4 atom stereocenters. The van der Waals surface area contributed by atoms with Gasteiger partial charge in [-0.2, -0.15) is 0 Å². The number of hydrogen-bond acceptors (Lipinski definition) is 14. The SMILES string of the molecule is CC(C)COc1ccc(C(OC(=O)C(=O)OC(C(=O)N(CCc2ccc(F)cc2)C2CCN(CCCN3C(=O)OC[C@@H]3C(C)C)CC2)c2ccc(OCC(C)C)cc2)C(=O)N(CCc2ccc(F)cc2)C2CCN(CCCN3C(=O)OC[C@@H]3C(C)C)CC2)cc1. The van der Waals surface area contributed by atoms with Gasteiger partial charge in [-0.05, 0) is 148 Å². The molecule has 4 aromatic carbocycles. The van der Waals surface area contributed by atoms with Crippen molar-refractivity contribution in [2.45, 2.75) is 143 Å². The smallest absolute Gasteiger partial charge is 0.418 e. The summed E-state index contributed by atoms with van der Waals surface area (Å²) in [4.78, 5) is 97.4. The van der Waals surface area contributed by atoms with E-state index in [4.69, 9.17) is 28.4 Å². The lowest BCUT2D eigenvalue weighted by atomic mass is 9.99. The normalized spacial score (nSPS) is 18.5. The lowest BCUT2D eigenvalue weighted by molar-refractivity contribution is -0.180. The summed E-state index contributed by atoms with van der Waals surface area (Å²) in [5, 5.41) is 0. The molecule has 0 N–H and O–H groups in total. The quantitative estimate of drug-likeness (QED) is 0.0274. The Labute approximate surface area is 530 Å². The van der Waals surface area contributed by atoms with Crippen LogP contribution in [0.15, 0.2) is 97.1 Å². The molecule has 20 heteroatoms. The largest absolute Gasteiger partial charge is 0.493 e. The van der Waals surface area contributed by atoms with E-state index in [0.29, 0.717) is 116 Å². The van der Waals surface area contributed by atoms with Crippen molar-refractivity contribution in [2.75, 3.05) is 91.9 Å². The van der Waals surface area contributed by atoms with Crippen LogP contribution in [0.25, 0.3) is 0 Å². The first kappa shape index (κ1) is 68.6. The number of rotatable bonds is 30. The number of esters is 2. The van der Waals surface area contributed by atoms with Gasteiger partial charge in [-0.15, -0.1) is 0 Å². The lowest BCUT2D eigenvalue weighted by Crippen LogP contribution is -2.51. The lowest BCUT2D eigenvalue weighted by Gasteiger charge is -2.40. The minimum Gasteiger partial charge on any atom is -0.493 e. The van der Waals surface area contributed by atoms with Gasteiger partial charge in [0.05, 0.1) is 25.3 Å². The van der Waals surface area contributed by atoms with Crippen LogP contribution in [0.3, 0.4) is 0 Å². The van der Waals surface area contributed by atoms with E-state index in [9.17, 15) is 28.0 Å². The van der Waals surface area contributed by atoms with E-state index in [1.54, 1.807) is 82.6 Å². The molecule has 4 amide bonds. The van der Waals surface area contributed by atoms with Gasteiger partial charge in [0.15, 0.2) is 0 Å². The predicted octanol–water partition coefficient (Wildman–Crippen LogP) is 10.7. The molecule has 4 aromatic rings. The monoisotopic (exact) mass is 1250 g/mol. The van der Waals surface area contributed by atoms with E-state index >= 15 is 9.59 Å². The Morgan fingerprint density at radius 3 is 1.17 bits per heavy atom. The van der Waals surface area contributed by atoms with Crippen molar-refractivity contribution in [3.63, 3.8) is 0 Å². The van der Waals surface area contributed by atoms with E-state index < -0.39 is 47.6 Å². The van der Waals surface area contributed by atoms with Gasteiger partial charge in [0, 0.05) is 75.6 Å². The van der Waals surface area contributed by atoms with E-state index in [2.05, 4.69) is 37.5 Å². The number of nitrogens with zero attached hydrogens (tertiary/aromatic N) is 6. The highest BCUT2D eigenvalue weighted by atomic mass is 19.1. The van der Waals surface area contributed by atoms with E-state index in [1.165, 1.54) is 24.3 Å². The number of cyclic esters (lactones) is 2.